The largest absolute Gasteiger partial charge is 0.494 e. The summed E-state index contributed by atoms with van der Waals surface area (Å²) in [5.41, 5.74) is 5.54. The predicted molar refractivity (Wildman–Crippen MR) is 88.6 cm³/mol. The molecule has 0 atom stereocenters. The number of ether oxygens (including phenoxy) is 1. The fourth-order valence-electron chi connectivity index (χ4n) is 1.78. The molecule has 2 N–H and O–H groups in total. The number of hydrogen-bond acceptors (Lipinski definition) is 3. The highest BCUT2D eigenvalue weighted by Gasteiger charge is 2.09. The van der Waals surface area contributed by atoms with Crippen LogP contribution in [0.1, 0.15) is 34.1 Å². The Labute approximate surface area is 139 Å². The summed E-state index contributed by atoms with van der Waals surface area (Å²) in [5.74, 6) is -0.124. The second kappa shape index (κ2) is 8.19. The van der Waals surface area contributed by atoms with Crippen LogP contribution in [0.3, 0.4) is 0 Å². The lowest BCUT2D eigenvalue weighted by Crippen LogP contribution is -2.41. The molecule has 2 aromatic rings. The fraction of sp³-hybridized carbons (Fsp3) is 0.176. The molecule has 2 amide bonds. The van der Waals surface area contributed by atoms with Crippen LogP contribution in [0.15, 0.2) is 48.5 Å². The Morgan fingerprint density at radius 3 is 1.87 bits per heavy atom. The lowest BCUT2D eigenvalue weighted by molar-refractivity contribution is 0.0846. The first-order valence-electron chi connectivity index (χ1n) is 7.19. The van der Waals surface area contributed by atoms with E-state index in [1.807, 2.05) is 6.92 Å². The second-order valence-electron chi connectivity index (χ2n) is 4.79. The molecule has 0 heterocycles. The van der Waals surface area contributed by atoms with E-state index in [1.54, 1.807) is 48.5 Å². The third-order valence-electron chi connectivity index (χ3n) is 2.99. The van der Waals surface area contributed by atoms with Gasteiger partial charge in [0, 0.05) is 16.1 Å². The average molecular weight is 333 g/mol. The molecule has 0 aromatic heterocycles. The van der Waals surface area contributed by atoms with E-state index < -0.39 is 11.8 Å². The highest BCUT2D eigenvalue weighted by molar-refractivity contribution is 6.30. The van der Waals surface area contributed by atoms with Crippen molar-refractivity contribution in [2.75, 3.05) is 6.61 Å². The van der Waals surface area contributed by atoms with Crippen LogP contribution in [0.25, 0.3) is 0 Å². The van der Waals surface area contributed by atoms with Gasteiger partial charge in [-0.05, 0) is 55.0 Å². The highest BCUT2D eigenvalue weighted by atomic mass is 35.5. The molecule has 0 aliphatic rings. The van der Waals surface area contributed by atoms with Gasteiger partial charge in [0.15, 0.2) is 0 Å². The number of hydrogen-bond donors (Lipinski definition) is 2. The summed E-state index contributed by atoms with van der Waals surface area (Å²) in [6.45, 7) is 2.65. The van der Waals surface area contributed by atoms with Crippen molar-refractivity contribution in [2.24, 2.45) is 0 Å². The normalized spacial score (nSPS) is 10.0. The van der Waals surface area contributed by atoms with Crippen molar-refractivity contribution in [1.29, 1.82) is 0 Å². The van der Waals surface area contributed by atoms with Crippen LogP contribution in [-0.4, -0.2) is 18.4 Å². The van der Waals surface area contributed by atoms with Crippen LogP contribution < -0.4 is 15.6 Å². The van der Waals surface area contributed by atoms with E-state index in [4.69, 9.17) is 16.3 Å². The van der Waals surface area contributed by atoms with Crippen LogP contribution in [0.4, 0.5) is 0 Å². The van der Waals surface area contributed by atoms with Gasteiger partial charge in [-0.3, -0.25) is 20.4 Å². The maximum atomic E-state index is 12.0. The molecule has 2 rings (SSSR count). The topological polar surface area (TPSA) is 67.4 Å². The molecule has 23 heavy (non-hydrogen) atoms. The number of benzene rings is 2. The first-order chi connectivity index (χ1) is 11.1. The molecule has 0 saturated heterocycles. The van der Waals surface area contributed by atoms with Gasteiger partial charge in [-0.2, -0.15) is 0 Å². The standard InChI is InChI=1S/C17H17ClN2O3/c1-2-11-23-15-9-5-13(6-10-15)17(22)20-19-16(21)12-3-7-14(18)8-4-12/h3-10H,2,11H2,1H3,(H,19,21)(H,20,22). The summed E-state index contributed by atoms with van der Waals surface area (Å²) in [6, 6.07) is 13.1. The van der Waals surface area contributed by atoms with Crippen molar-refractivity contribution < 1.29 is 14.3 Å². The van der Waals surface area contributed by atoms with Gasteiger partial charge in [-0.25, -0.2) is 0 Å². The number of carbonyl (C=O) groups is 2. The Morgan fingerprint density at radius 1 is 0.913 bits per heavy atom. The molecule has 6 heteroatoms. The summed E-state index contributed by atoms with van der Waals surface area (Å²) < 4.78 is 5.44. The Bertz CT molecular complexity index is 669. The van der Waals surface area contributed by atoms with Gasteiger partial charge in [-0.1, -0.05) is 18.5 Å². The van der Waals surface area contributed by atoms with Gasteiger partial charge >= 0.3 is 0 Å². The third-order valence-corrected chi connectivity index (χ3v) is 3.24. The number of hydrazine groups is 1. The van der Waals surface area contributed by atoms with Gasteiger partial charge in [-0.15, -0.1) is 0 Å². The molecule has 0 aliphatic heterocycles. The monoisotopic (exact) mass is 332 g/mol. The van der Waals surface area contributed by atoms with E-state index in [0.29, 0.717) is 28.5 Å². The van der Waals surface area contributed by atoms with E-state index in [9.17, 15) is 9.59 Å². The zero-order valence-electron chi connectivity index (χ0n) is 12.6. The summed E-state index contributed by atoms with van der Waals surface area (Å²) in [6.07, 6.45) is 0.916. The van der Waals surface area contributed by atoms with Crippen molar-refractivity contribution in [3.05, 3.63) is 64.7 Å². The van der Waals surface area contributed by atoms with E-state index in [2.05, 4.69) is 10.9 Å². The summed E-state index contributed by atoms with van der Waals surface area (Å²) in [5, 5.41) is 0.538. The molecule has 0 fully saturated rings. The molecule has 2 aromatic carbocycles. The molecule has 0 bridgehead atoms. The Kier molecular flexibility index (Phi) is 6.00. The van der Waals surface area contributed by atoms with Crippen LogP contribution in [0, 0.1) is 0 Å². The lowest BCUT2D eigenvalue weighted by atomic mass is 10.2. The SMILES string of the molecule is CCCOc1ccc(C(=O)NNC(=O)c2ccc(Cl)cc2)cc1. The minimum Gasteiger partial charge on any atom is -0.494 e. The minimum absolute atomic E-state index is 0.401. The Balaban J connectivity index is 1.89. The molecule has 0 spiro atoms. The van der Waals surface area contributed by atoms with E-state index in [1.165, 1.54) is 0 Å². The molecular weight excluding hydrogens is 316 g/mol. The molecule has 120 valence electrons. The van der Waals surface area contributed by atoms with E-state index in [0.717, 1.165) is 6.42 Å². The van der Waals surface area contributed by atoms with Gasteiger partial charge in [0.05, 0.1) is 6.61 Å². The van der Waals surface area contributed by atoms with Crippen LogP contribution in [-0.2, 0) is 0 Å². The number of carbonyl (C=O) groups excluding carboxylic acids is 2. The van der Waals surface area contributed by atoms with Crippen LogP contribution in [0.2, 0.25) is 5.02 Å². The van der Waals surface area contributed by atoms with Crippen molar-refractivity contribution in [3.63, 3.8) is 0 Å². The predicted octanol–water partition coefficient (Wildman–Crippen LogP) is 3.20. The van der Waals surface area contributed by atoms with Gasteiger partial charge < -0.3 is 4.74 Å². The van der Waals surface area contributed by atoms with Crippen molar-refractivity contribution >= 4 is 23.4 Å². The quantitative estimate of drug-likeness (QED) is 0.826. The van der Waals surface area contributed by atoms with Gasteiger partial charge in [0.25, 0.3) is 11.8 Å². The molecule has 5 nitrogen and oxygen atoms in total. The molecule has 0 saturated carbocycles. The molecule has 0 aliphatic carbocycles. The molecule has 0 unspecified atom stereocenters. The highest BCUT2D eigenvalue weighted by Crippen LogP contribution is 2.12. The maximum absolute atomic E-state index is 12.0. The lowest BCUT2D eigenvalue weighted by Gasteiger charge is -2.08. The number of halogens is 1. The number of amides is 2. The molecular formula is C17H17ClN2O3. The van der Waals surface area contributed by atoms with Crippen LogP contribution >= 0.6 is 11.6 Å². The van der Waals surface area contributed by atoms with Gasteiger partial charge in [0.1, 0.15) is 5.75 Å². The van der Waals surface area contributed by atoms with E-state index >= 15 is 0 Å². The zero-order chi connectivity index (χ0) is 16.7. The summed E-state index contributed by atoms with van der Waals surface area (Å²) in [4.78, 5) is 23.8. The average Bonchev–Trinajstić information content (AvgIpc) is 2.58. The van der Waals surface area contributed by atoms with Crippen molar-refractivity contribution in [2.45, 2.75) is 13.3 Å². The first-order valence-corrected chi connectivity index (χ1v) is 7.57. The van der Waals surface area contributed by atoms with Crippen molar-refractivity contribution in [3.8, 4) is 5.75 Å². The van der Waals surface area contributed by atoms with Crippen molar-refractivity contribution in [1.82, 2.24) is 10.9 Å². The van der Waals surface area contributed by atoms with E-state index in [-0.39, 0.29) is 0 Å². The summed E-state index contributed by atoms with van der Waals surface area (Å²) in [7, 11) is 0. The fourth-order valence-corrected chi connectivity index (χ4v) is 1.91. The first kappa shape index (κ1) is 16.8. The maximum Gasteiger partial charge on any atom is 0.269 e. The number of nitrogens with one attached hydrogen (secondary N) is 2. The Morgan fingerprint density at radius 2 is 1.39 bits per heavy atom. The number of rotatable bonds is 5. The minimum atomic E-state index is -0.419. The Hall–Kier alpha value is -2.53. The van der Waals surface area contributed by atoms with Gasteiger partial charge in [0.2, 0.25) is 0 Å². The molecule has 0 radical (unpaired) electrons. The third kappa shape index (κ3) is 5.00. The second-order valence-corrected chi connectivity index (χ2v) is 5.22. The summed E-state index contributed by atoms with van der Waals surface area (Å²) >= 11 is 5.76. The zero-order valence-corrected chi connectivity index (χ0v) is 13.4. The van der Waals surface area contributed by atoms with Crippen LogP contribution in [0.5, 0.6) is 5.75 Å². The smallest absolute Gasteiger partial charge is 0.269 e.